The zero-order valence-electron chi connectivity index (χ0n) is 9.23. The van der Waals surface area contributed by atoms with E-state index in [4.69, 9.17) is 11.6 Å². The minimum absolute atomic E-state index is 0.0150. The summed E-state index contributed by atoms with van der Waals surface area (Å²) >= 11 is 7.71. The maximum absolute atomic E-state index is 12.1. The minimum atomic E-state index is -0.0150. The largest absolute Gasteiger partial charge is 0.336 e. The lowest BCUT2D eigenvalue weighted by Crippen LogP contribution is -2.44. The Hall–Kier alpha value is -0.610. The van der Waals surface area contributed by atoms with Crippen LogP contribution in [-0.2, 0) is 0 Å². The van der Waals surface area contributed by atoms with E-state index in [2.05, 4.69) is 4.98 Å². The van der Waals surface area contributed by atoms with Crippen molar-refractivity contribution in [2.75, 3.05) is 7.05 Å². The molecule has 1 aromatic heterocycles. The van der Waals surface area contributed by atoms with Gasteiger partial charge in [0.1, 0.15) is 5.69 Å². The predicted molar refractivity (Wildman–Crippen MR) is 66.1 cm³/mol. The summed E-state index contributed by atoms with van der Waals surface area (Å²) in [4.78, 5) is 17.9. The van der Waals surface area contributed by atoms with E-state index in [0.717, 1.165) is 19.3 Å². The van der Waals surface area contributed by atoms with Crippen molar-refractivity contribution < 1.29 is 4.79 Å². The molecule has 2 unspecified atom stereocenters. The fourth-order valence-corrected chi connectivity index (χ4v) is 3.13. The van der Waals surface area contributed by atoms with Crippen LogP contribution < -0.4 is 0 Å². The van der Waals surface area contributed by atoms with E-state index >= 15 is 0 Å². The van der Waals surface area contributed by atoms with E-state index in [-0.39, 0.29) is 17.3 Å². The second-order valence-electron chi connectivity index (χ2n) is 4.16. The molecule has 2 atom stereocenters. The van der Waals surface area contributed by atoms with Gasteiger partial charge in [0.05, 0.1) is 10.9 Å². The number of hydrogen-bond donors (Lipinski definition) is 0. The molecule has 2 rings (SSSR count). The summed E-state index contributed by atoms with van der Waals surface area (Å²) in [6.07, 6.45) is 4.33. The molecule has 1 heterocycles. The number of hydrogen-bond acceptors (Lipinski definition) is 3. The zero-order chi connectivity index (χ0) is 11.5. The van der Waals surface area contributed by atoms with Crippen LogP contribution in [0.25, 0.3) is 0 Å². The third kappa shape index (κ3) is 2.38. The van der Waals surface area contributed by atoms with Crippen molar-refractivity contribution in [2.24, 2.45) is 0 Å². The van der Waals surface area contributed by atoms with Gasteiger partial charge in [0.25, 0.3) is 5.91 Å². The Morgan fingerprint density at radius 1 is 1.56 bits per heavy atom. The number of halogens is 1. The van der Waals surface area contributed by atoms with Gasteiger partial charge in [-0.15, -0.1) is 22.9 Å². The van der Waals surface area contributed by atoms with E-state index < -0.39 is 0 Å². The fraction of sp³-hybridized carbons (Fsp3) is 0.636. The standard InChI is InChI=1S/C11H15ClN2OS/c1-14(10-5-3-2-4-8(10)12)11(15)9-6-16-7-13-9/h6-8,10H,2-5H2,1H3. The minimum Gasteiger partial charge on any atom is -0.336 e. The van der Waals surface area contributed by atoms with Gasteiger partial charge >= 0.3 is 0 Å². The first kappa shape index (κ1) is 11.9. The average Bonchev–Trinajstić information content (AvgIpc) is 2.81. The number of rotatable bonds is 2. The van der Waals surface area contributed by atoms with Gasteiger partial charge in [0.15, 0.2) is 0 Å². The Labute approximate surface area is 104 Å². The quantitative estimate of drug-likeness (QED) is 0.765. The van der Waals surface area contributed by atoms with Crippen molar-refractivity contribution in [1.29, 1.82) is 0 Å². The topological polar surface area (TPSA) is 33.2 Å². The number of carbonyl (C=O) groups excluding carboxylic acids is 1. The molecule has 0 radical (unpaired) electrons. The summed E-state index contributed by atoms with van der Waals surface area (Å²) in [5.74, 6) is -0.0150. The summed E-state index contributed by atoms with van der Waals surface area (Å²) in [7, 11) is 1.83. The molecule has 1 fully saturated rings. The van der Waals surface area contributed by atoms with Crippen molar-refractivity contribution in [3.63, 3.8) is 0 Å². The number of alkyl halides is 1. The zero-order valence-corrected chi connectivity index (χ0v) is 10.8. The van der Waals surface area contributed by atoms with E-state index in [1.165, 1.54) is 17.8 Å². The molecular weight excluding hydrogens is 244 g/mol. The van der Waals surface area contributed by atoms with Gasteiger partial charge in [-0.3, -0.25) is 4.79 Å². The molecule has 0 saturated heterocycles. The molecule has 0 aromatic carbocycles. The van der Waals surface area contributed by atoms with Crippen LogP contribution in [0.15, 0.2) is 10.9 Å². The number of amides is 1. The molecule has 1 saturated carbocycles. The van der Waals surface area contributed by atoms with Gasteiger partial charge in [-0.25, -0.2) is 4.98 Å². The summed E-state index contributed by atoms with van der Waals surface area (Å²) < 4.78 is 0. The molecule has 16 heavy (non-hydrogen) atoms. The van der Waals surface area contributed by atoms with Crippen molar-refractivity contribution >= 4 is 28.8 Å². The lowest BCUT2D eigenvalue weighted by atomic mass is 9.94. The Bertz CT molecular complexity index is 355. The summed E-state index contributed by atoms with van der Waals surface area (Å²) in [5, 5.41) is 1.87. The molecule has 3 nitrogen and oxygen atoms in total. The molecule has 0 bridgehead atoms. The summed E-state index contributed by atoms with van der Waals surface area (Å²) in [6, 6.07) is 0.157. The molecule has 1 aromatic rings. The normalized spacial score (nSPS) is 25.4. The lowest BCUT2D eigenvalue weighted by Gasteiger charge is -2.34. The molecule has 1 amide bonds. The molecule has 1 aliphatic carbocycles. The van der Waals surface area contributed by atoms with Gasteiger partial charge in [0.2, 0.25) is 0 Å². The highest BCUT2D eigenvalue weighted by Gasteiger charge is 2.30. The van der Waals surface area contributed by atoms with Gasteiger partial charge in [-0.05, 0) is 12.8 Å². The third-order valence-electron chi connectivity index (χ3n) is 3.12. The maximum Gasteiger partial charge on any atom is 0.273 e. The van der Waals surface area contributed by atoms with Gasteiger partial charge in [-0.2, -0.15) is 0 Å². The Balaban J connectivity index is 2.06. The van der Waals surface area contributed by atoms with Crippen molar-refractivity contribution in [3.05, 3.63) is 16.6 Å². The van der Waals surface area contributed by atoms with Crippen LogP contribution in [0.4, 0.5) is 0 Å². The molecule has 0 spiro atoms. The van der Waals surface area contributed by atoms with E-state index in [9.17, 15) is 4.79 Å². The van der Waals surface area contributed by atoms with E-state index in [1.54, 1.807) is 15.8 Å². The van der Waals surface area contributed by atoms with Gasteiger partial charge in [0, 0.05) is 18.5 Å². The second-order valence-corrected chi connectivity index (χ2v) is 5.44. The number of carbonyl (C=O) groups is 1. The molecule has 0 aliphatic heterocycles. The Morgan fingerprint density at radius 2 is 2.31 bits per heavy atom. The Morgan fingerprint density at radius 3 is 2.94 bits per heavy atom. The first-order chi connectivity index (χ1) is 7.70. The summed E-state index contributed by atoms with van der Waals surface area (Å²) in [6.45, 7) is 0. The van der Waals surface area contributed by atoms with Gasteiger partial charge in [-0.1, -0.05) is 12.8 Å². The number of thiazole rings is 1. The number of nitrogens with zero attached hydrogens (tertiary/aromatic N) is 2. The van der Waals surface area contributed by atoms with Gasteiger partial charge < -0.3 is 4.90 Å². The third-order valence-corrected chi connectivity index (χ3v) is 4.21. The molecule has 0 N–H and O–H groups in total. The predicted octanol–water partition coefficient (Wildman–Crippen LogP) is 2.77. The van der Waals surface area contributed by atoms with Crippen molar-refractivity contribution in [2.45, 2.75) is 37.1 Å². The lowest BCUT2D eigenvalue weighted by molar-refractivity contribution is 0.0695. The highest BCUT2D eigenvalue weighted by atomic mass is 35.5. The van der Waals surface area contributed by atoms with Crippen molar-refractivity contribution in [3.8, 4) is 0 Å². The monoisotopic (exact) mass is 258 g/mol. The summed E-state index contributed by atoms with van der Waals surface area (Å²) in [5.41, 5.74) is 2.21. The highest BCUT2D eigenvalue weighted by Crippen LogP contribution is 2.27. The van der Waals surface area contributed by atoms with Crippen molar-refractivity contribution in [1.82, 2.24) is 9.88 Å². The Kier molecular flexibility index (Phi) is 3.82. The second kappa shape index (κ2) is 5.15. The molecular formula is C11H15ClN2OS. The fourth-order valence-electron chi connectivity index (χ4n) is 2.15. The van der Waals surface area contributed by atoms with Crippen LogP contribution in [-0.4, -0.2) is 34.3 Å². The smallest absolute Gasteiger partial charge is 0.273 e. The van der Waals surface area contributed by atoms with Crippen LogP contribution in [0.1, 0.15) is 36.2 Å². The molecule has 5 heteroatoms. The highest BCUT2D eigenvalue weighted by molar-refractivity contribution is 7.07. The van der Waals surface area contributed by atoms with E-state index in [0.29, 0.717) is 5.69 Å². The molecule has 88 valence electrons. The number of aromatic nitrogens is 1. The van der Waals surface area contributed by atoms with Crippen LogP contribution in [0.5, 0.6) is 0 Å². The van der Waals surface area contributed by atoms with E-state index in [1.807, 2.05) is 7.05 Å². The maximum atomic E-state index is 12.1. The first-order valence-corrected chi connectivity index (χ1v) is 6.87. The van der Waals surface area contributed by atoms with Crippen LogP contribution >= 0.6 is 22.9 Å². The van der Waals surface area contributed by atoms with Crippen LogP contribution in [0.3, 0.4) is 0 Å². The SMILES string of the molecule is CN(C(=O)c1cscn1)C1CCCCC1Cl. The average molecular weight is 259 g/mol. The molecule has 1 aliphatic rings. The van der Waals surface area contributed by atoms with Crippen LogP contribution in [0.2, 0.25) is 0 Å². The first-order valence-electron chi connectivity index (χ1n) is 5.49. The van der Waals surface area contributed by atoms with Crippen LogP contribution in [0, 0.1) is 0 Å².